The Hall–Kier alpha value is -1.49. The first kappa shape index (κ1) is 15.4. The minimum Gasteiger partial charge on any atom is -0.480 e. The summed E-state index contributed by atoms with van der Waals surface area (Å²) in [5.74, 6) is -0.247. The molecule has 1 aliphatic rings. The van der Waals surface area contributed by atoms with Gasteiger partial charge in [0, 0.05) is 0 Å². The first-order valence-electron chi connectivity index (χ1n) is 6.19. The van der Waals surface area contributed by atoms with Gasteiger partial charge in [0.15, 0.2) is 0 Å². The van der Waals surface area contributed by atoms with Crippen molar-refractivity contribution in [3.05, 3.63) is 28.1 Å². The molecule has 1 unspecified atom stereocenters. The third kappa shape index (κ3) is 2.41. The van der Waals surface area contributed by atoms with Crippen LogP contribution < -0.4 is 0 Å². The normalized spacial score (nSPS) is 19.1. The van der Waals surface area contributed by atoms with Gasteiger partial charge in [-0.3, -0.25) is 4.79 Å². The fraction of sp³-hybridized carbons (Fsp3) is 0.364. The second-order valence-corrected chi connectivity index (χ2v) is 8.57. The van der Waals surface area contributed by atoms with E-state index in [0.717, 1.165) is 15.6 Å². The van der Waals surface area contributed by atoms with Gasteiger partial charge in [0.05, 0.1) is 17.4 Å². The number of carboxylic acids is 1. The van der Waals surface area contributed by atoms with Crippen molar-refractivity contribution in [1.82, 2.24) is 19.1 Å². The van der Waals surface area contributed by atoms with Crippen LogP contribution in [0.4, 0.5) is 0 Å². The van der Waals surface area contributed by atoms with Crippen LogP contribution in [0.3, 0.4) is 0 Å². The number of hydrogen-bond acceptors (Lipinski definition) is 6. The zero-order valence-corrected chi connectivity index (χ0v) is 13.7. The number of thiophene rings is 1. The minimum absolute atomic E-state index is 0.00781. The SMILES string of the molecule is Cc1nnc2n1CC(C(=O)O)N(S(=O)(=O)c1ccc(Cl)s1)C2. The van der Waals surface area contributed by atoms with Crippen molar-refractivity contribution in [3.8, 4) is 0 Å². The Balaban J connectivity index is 2.06. The summed E-state index contributed by atoms with van der Waals surface area (Å²) in [7, 11) is -3.96. The van der Waals surface area contributed by atoms with Gasteiger partial charge in [-0.05, 0) is 19.1 Å². The molecule has 8 nitrogen and oxygen atoms in total. The van der Waals surface area contributed by atoms with E-state index >= 15 is 0 Å². The molecule has 3 heterocycles. The van der Waals surface area contributed by atoms with Crippen LogP contribution in [0.5, 0.6) is 0 Å². The summed E-state index contributed by atoms with van der Waals surface area (Å²) in [5.41, 5.74) is 0. The molecule has 0 spiro atoms. The molecule has 11 heteroatoms. The van der Waals surface area contributed by atoms with Crippen LogP contribution >= 0.6 is 22.9 Å². The summed E-state index contributed by atoms with van der Waals surface area (Å²) in [6.45, 7) is 1.52. The molecule has 0 amide bonds. The Kier molecular flexibility index (Phi) is 3.71. The van der Waals surface area contributed by atoms with E-state index in [4.69, 9.17) is 11.6 Å². The van der Waals surface area contributed by atoms with Crippen LogP contribution in [0, 0.1) is 6.92 Å². The first-order chi connectivity index (χ1) is 10.3. The Morgan fingerprint density at radius 1 is 1.45 bits per heavy atom. The van der Waals surface area contributed by atoms with Gasteiger partial charge in [-0.15, -0.1) is 21.5 Å². The van der Waals surface area contributed by atoms with Gasteiger partial charge in [-0.1, -0.05) is 11.6 Å². The number of fused-ring (bicyclic) bond motifs is 1. The molecule has 0 aromatic carbocycles. The lowest BCUT2D eigenvalue weighted by molar-refractivity contribution is -0.142. The van der Waals surface area contributed by atoms with E-state index in [0.29, 0.717) is 16.0 Å². The fourth-order valence-corrected chi connectivity index (χ4v) is 5.44. The van der Waals surface area contributed by atoms with E-state index < -0.39 is 22.0 Å². The van der Waals surface area contributed by atoms with E-state index in [1.54, 1.807) is 11.5 Å². The van der Waals surface area contributed by atoms with Crippen LogP contribution in [0.15, 0.2) is 16.3 Å². The maximum Gasteiger partial charge on any atom is 0.323 e. The zero-order chi connectivity index (χ0) is 16.1. The predicted octanol–water partition coefficient (Wildman–Crippen LogP) is 0.959. The third-order valence-corrected chi connectivity index (χ3v) is 6.96. The molecule has 2 aromatic rings. The average molecular weight is 363 g/mol. The van der Waals surface area contributed by atoms with Gasteiger partial charge in [-0.25, -0.2) is 8.42 Å². The van der Waals surface area contributed by atoms with Gasteiger partial charge >= 0.3 is 5.97 Å². The van der Waals surface area contributed by atoms with Gasteiger partial charge in [-0.2, -0.15) is 4.31 Å². The number of carbonyl (C=O) groups is 1. The highest BCUT2D eigenvalue weighted by molar-refractivity contribution is 7.91. The quantitative estimate of drug-likeness (QED) is 0.871. The van der Waals surface area contributed by atoms with Crippen molar-refractivity contribution in [2.24, 2.45) is 0 Å². The lowest BCUT2D eigenvalue weighted by Gasteiger charge is -2.32. The Labute approximate surface area is 135 Å². The highest BCUT2D eigenvalue weighted by Gasteiger charge is 2.41. The molecule has 0 saturated carbocycles. The number of hydrogen-bond donors (Lipinski definition) is 1. The van der Waals surface area contributed by atoms with Crippen LogP contribution in [-0.2, 0) is 27.9 Å². The summed E-state index contributed by atoms with van der Waals surface area (Å²) in [6, 6.07) is 1.62. The Morgan fingerprint density at radius 3 is 2.77 bits per heavy atom. The van der Waals surface area contributed by atoms with Crippen molar-refractivity contribution < 1.29 is 18.3 Å². The van der Waals surface area contributed by atoms with Crippen LogP contribution in [-0.4, -0.2) is 44.6 Å². The maximum absolute atomic E-state index is 12.7. The minimum atomic E-state index is -3.96. The smallest absolute Gasteiger partial charge is 0.323 e. The lowest BCUT2D eigenvalue weighted by atomic mass is 10.2. The predicted molar refractivity (Wildman–Crippen MR) is 78.2 cm³/mol. The van der Waals surface area contributed by atoms with Gasteiger partial charge < -0.3 is 9.67 Å². The van der Waals surface area contributed by atoms with Crippen molar-refractivity contribution in [1.29, 1.82) is 0 Å². The first-order valence-corrected chi connectivity index (χ1v) is 8.83. The highest BCUT2D eigenvalue weighted by Crippen LogP contribution is 2.31. The average Bonchev–Trinajstić information content (AvgIpc) is 3.04. The molecule has 0 bridgehead atoms. The molecule has 118 valence electrons. The number of aryl methyl sites for hydroxylation is 1. The second kappa shape index (κ2) is 5.30. The molecule has 22 heavy (non-hydrogen) atoms. The monoisotopic (exact) mass is 362 g/mol. The number of aliphatic carboxylic acids is 1. The summed E-state index contributed by atoms with van der Waals surface area (Å²) >= 11 is 6.67. The van der Waals surface area contributed by atoms with Gasteiger partial charge in [0.1, 0.15) is 21.9 Å². The molecule has 0 fully saturated rings. The molecule has 1 N–H and O–H groups in total. The highest BCUT2D eigenvalue weighted by atomic mass is 35.5. The molecule has 0 radical (unpaired) electrons. The van der Waals surface area contributed by atoms with E-state index in [2.05, 4.69) is 10.2 Å². The molecular formula is C11H11ClN4O4S2. The number of aromatic nitrogens is 3. The van der Waals surface area contributed by atoms with E-state index in [1.165, 1.54) is 12.1 Å². The molecule has 3 rings (SSSR count). The van der Waals surface area contributed by atoms with Gasteiger partial charge in [0.25, 0.3) is 10.0 Å². The van der Waals surface area contributed by atoms with E-state index in [-0.39, 0.29) is 17.3 Å². The summed E-state index contributed by atoms with van der Waals surface area (Å²) < 4.78 is 28.3. The van der Waals surface area contributed by atoms with Crippen LogP contribution in [0.1, 0.15) is 11.6 Å². The lowest BCUT2D eigenvalue weighted by Crippen LogP contribution is -2.50. The summed E-state index contributed by atoms with van der Waals surface area (Å²) in [5, 5.41) is 17.2. The molecule has 1 aliphatic heterocycles. The molecule has 0 aliphatic carbocycles. The fourth-order valence-electron chi connectivity index (χ4n) is 2.30. The second-order valence-electron chi connectivity index (χ2n) is 4.74. The van der Waals surface area contributed by atoms with Crippen molar-refractivity contribution in [3.63, 3.8) is 0 Å². The van der Waals surface area contributed by atoms with Crippen molar-refractivity contribution >= 4 is 38.9 Å². The van der Waals surface area contributed by atoms with E-state index in [9.17, 15) is 18.3 Å². The Bertz CT molecular complexity index is 844. The largest absolute Gasteiger partial charge is 0.480 e. The van der Waals surface area contributed by atoms with E-state index in [1.807, 2.05) is 0 Å². The summed E-state index contributed by atoms with van der Waals surface area (Å²) in [4.78, 5) is 11.5. The maximum atomic E-state index is 12.7. The number of carboxylic acid groups (broad SMARTS) is 1. The van der Waals surface area contributed by atoms with Crippen LogP contribution in [0.2, 0.25) is 4.34 Å². The van der Waals surface area contributed by atoms with Crippen LogP contribution in [0.25, 0.3) is 0 Å². The molecule has 2 aromatic heterocycles. The number of rotatable bonds is 3. The number of nitrogens with zero attached hydrogens (tertiary/aromatic N) is 4. The molecule has 0 saturated heterocycles. The number of sulfonamides is 1. The van der Waals surface area contributed by atoms with Crippen molar-refractivity contribution in [2.75, 3.05) is 0 Å². The summed E-state index contributed by atoms with van der Waals surface area (Å²) in [6.07, 6.45) is 0. The van der Waals surface area contributed by atoms with Crippen molar-refractivity contribution in [2.45, 2.75) is 30.3 Å². The topological polar surface area (TPSA) is 105 Å². The Morgan fingerprint density at radius 2 is 2.18 bits per heavy atom. The van der Waals surface area contributed by atoms with Gasteiger partial charge in [0.2, 0.25) is 0 Å². The third-order valence-electron chi connectivity index (χ3n) is 3.41. The molecule has 1 atom stereocenters. The number of halogens is 1. The molecular weight excluding hydrogens is 352 g/mol. The standard InChI is InChI=1S/C11H11ClN4O4S2/c1-6-13-14-9-5-16(7(11(17)18)4-15(6)9)22(19,20)10-3-2-8(12)21-10/h2-3,7H,4-5H2,1H3,(H,17,18). The zero-order valence-electron chi connectivity index (χ0n) is 11.3.